The fourth-order valence-corrected chi connectivity index (χ4v) is 0.707. The number of hydrogen-bond donors (Lipinski definition) is 1. The van der Waals surface area contributed by atoms with Gasteiger partial charge >= 0.3 is 6.18 Å². The van der Waals surface area contributed by atoms with Crippen LogP contribution in [0.25, 0.3) is 0 Å². The molecule has 0 aliphatic rings. The van der Waals surface area contributed by atoms with Crippen molar-refractivity contribution in [2.45, 2.75) is 6.18 Å². The lowest BCUT2D eigenvalue weighted by Crippen LogP contribution is -2.13. The van der Waals surface area contributed by atoms with E-state index < -0.39 is 17.8 Å². The summed E-state index contributed by atoms with van der Waals surface area (Å²) >= 11 is 0. The lowest BCUT2D eigenvalue weighted by molar-refractivity contribution is -0.141. The van der Waals surface area contributed by atoms with Gasteiger partial charge in [0.2, 0.25) is 5.91 Å². The summed E-state index contributed by atoms with van der Waals surface area (Å²) in [5, 5.41) is 0. The molecule has 0 fully saturated rings. The van der Waals surface area contributed by atoms with Gasteiger partial charge in [-0.2, -0.15) is 13.2 Å². The molecule has 1 aromatic heterocycles. The Kier molecular flexibility index (Phi) is 6.32. The second-order valence-electron chi connectivity index (χ2n) is 2.29. The molecule has 0 saturated carbocycles. The van der Waals surface area contributed by atoms with Crippen LogP contribution in [-0.2, 0) is 6.18 Å². The first-order valence-electron chi connectivity index (χ1n) is 3.24. The quantitative estimate of drug-likeness (QED) is 0.842. The highest BCUT2D eigenvalue weighted by atomic mass is 35.5. The van der Waals surface area contributed by atoms with Crippen LogP contribution in [0.4, 0.5) is 13.2 Å². The van der Waals surface area contributed by atoms with E-state index in [-0.39, 0.29) is 30.4 Å². The highest BCUT2D eigenvalue weighted by molar-refractivity contribution is 5.92. The van der Waals surface area contributed by atoms with Gasteiger partial charge in [0, 0.05) is 6.20 Å². The van der Waals surface area contributed by atoms with Gasteiger partial charge < -0.3 is 5.73 Å². The first-order valence-corrected chi connectivity index (χ1v) is 3.24. The number of amides is 1. The van der Waals surface area contributed by atoms with Gasteiger partial charge in [0.1, 0.15) is 5.69 Å². The molecule has 2 N–H and O–H groups in total. The molecule has 0 spiro atoms. The zero-order valence-electron chi connectivity index (χ0n) is 7.12. The standard InChI is InChI=1S/C7H5F3N2O.2ClH/c8-7(9,10)5-2-1-4(3-12-5)6(11)13;;/h1-3H,(H2,11,13);2*1H. The summed E-state index contributed by atoms with van der Waals surface area (Å²) in [6.07, 6.45) is -3.69. The number of nitrogens with two attached hydrogens (primary N) is 1. The number of primary amides is 1. The van der Waals surface area contributed by atoms with Crippen LogP contribution in [0, 0.1) is 0 Å². The zero-order chi connectivity index (χ0) is 10.1. The monoisotopic (exact) mass is 262 g/mol. The van der Waals surface area contributed by atoms with Crippen molar-refractivity contribution in [2.24, 2.45) is 5.73 Å². The fraction of sp³-hybridized carbons (Fsp3) is 0.143. The van der Waals surface area contributed by atoms with Gasteiger partial charge in [0.05, 0.1) is 5.56 Å². The molecule has 86 valence electrons. The van der Waals surface area contributed by atoms with Crippen molar-refractivity contribution in [3.63, 3.8) is 0 Å². The Morgan fingerprint density at radius 1 is 1.27 bits per heavy atom. The molecule has 8 heteroatoms. The van der Waals surface area contributed by atoms with Crippen molar-refractivity contribution >= 4 is 30.7 Å². The van der Waals surface area contributed by atoms with E-state index in [2.05, 4.69) is 4.98 Å². The summed E-state index contributed by atoms with van der Waals surface area (Å²) in [4.78, 5) is 13.5. The van der Waals surface area contributed by atoms with Gasteiger partial charge in [-0.15, -0.1) is 24.8 Å². The maximum Gasteiger partial charge on any atom is 0.433 e. The minimum Gasteiger partial charge on any atom is -0.366 e. The average molecular weight is 263 g/mol. The molecule has 0 saturated heterocycles. The molecule has 1 heterocycles. The highest BCUT2D eigenvalue weighted by Gasteiger charge is 2.32. The van der Waals surface area contributed by atoms with E-state index in [9.17, 15) is 18.0 Å². The first kappa shape index (κ1) is 16.4. The van der Waals surface area contributed by atoms with Crippen LogP contribution in [0.1, 0.15) is 16.1 Å². The van der Waals surface area contributed by atoms with Crippen LogP contribution in [0.2, 0.25) is 0 Å². The van der Waals surface area contributed by atoms with Crippen molar-refractivity contribution in [3.8, 4) is 0 Å². The van der Waals surface area contributed by atoms with Gasteiger partial charge in [0.15, 0.2) is 0 Å². The number of carbonyl (C=O) groups is 1. The molecule has 1 amide bonds. The number of hydrogen-bond acceptors (Lipinski definition) is 2. The van der Waals surface area contributed by atoms with E-state index in [1.165, 1.54) is 0 Å². The number of halogens is 5. The number of rotatable bonds is 1. The second kappa shape index (κ2) is 5.77. The van der Waals surface area contributed by atoms with Crippen molar-refractivity contribution in [3.05, 3.63) is 29.6 Å². The molecular weight excluding hydrogens is 256 g/mol. The lowest BCUT2D eigenvalue weighted by Gasteiger charge is -2.04. The smallest absolute Gasteiger partial charge is 0.366 e. The summed E-state index contributed by atoms with van der Waals surface area (Å²) < 4.78 is 35.8. The van der Waals surface area contributed by atoms with E-state index in [1.807, 2.05) is 0 Å². The minimum atomic E-state index is -4.49. The van der Waals surface area contributed by atoms with Crippen LogP contribution in [-0.4, -0.2) is 10.9 Å². The number of aromatic nitrogens is 1. The Morgan fingerprint density at radius 2 is 1.80 bits per heavy atom. The van der Waals surface area contributed by atoms with Crippen LogP contribution in [0.15, 0.2) is 18.3 Å². The van der Waals surface area contributed by atoms with E-state index in [1.54, 1.807) is 0 Å². The normalized spacial score (nSPS) is 9.80. The predicted octanol–water partition coefficient (Wildman–Crippen LogP) is 2.04. The van der Waals surface area contributed by atoms with Gasteiger partial charge in [-0.1, -0.05) is 0 Å². The SMILES string of the molecule is Cl.Cl.NC(=O)c1ccc(C(F)(F)F)nc1. The molecule has 0 aliphatic carbocycles. The van der Waals surface area contributed by atoms with Gasteiger partial charge in [-0.25, -0.2) is 0 Å². The van der Waals surface area contributed by atoms with Crippen molar-refractivity contribution in [1.82, 2.24) is 4.98 Å². The molecule has 0 radical (unpaired) electrons. The fourth-order valence-electron chi connectivity index (χ4n) is 0.707. The average Bonchev–Trinajstić information content (AvgIpc) is 2.03. The van der Waals surface area contributed by atoms with Gasteiger partial charge in [-0.05, 0) is 12.1 Å². The van der Waals surface area contributed by atoms with Crippen molar-refractivity contribution in [2.75, 3.05) is 0 Å². The molecule has 0 unspecified atom stereocenters. The molecule has 0 bridgehead atoms. The third kappa shape index (κ3) is 4.35. The zero-order valence-corrected chi connectivity index (χ0v) is 8.75. The number of carbonyl (C=O) groups excluding carboxylic acids is 1. The van der Waals surface area contributed by atoms with Crippen LogP contribution in [0.3, 0.4) is 0 Å². The number of nitrogens with zero attached hydrogens (tertiary/aromatic N) is 1. The Bertz CT molecular complexity index is 326. The summed E-state index contributed by atoms with van der Waals surface area (Å²) in [7, 11) is 0. The Labute approximate surface area is 95.7 Å². The van der Waals surface area contributed by atoms with E-state index in [0.717, 1.165) is 12.3 Å². The molecule has 15 heavy (non-hydrogen) atoms. The Hall–Kier alpha value is -1.01. The van der Waals surface area contributed by atoms with Gasteiger partial charge in [0.25, 0.3) is 0 Å². The molecule has 0 aliphatic heterocycles. The van der Waals surface area contributed by atoms with E-state index >= 15 is 0 Å². The molecule has 0 aromatic carbocycles. The summed E-state index contributed by atoms with van der Waals surface area (Å²) in [5.74, 6) is -0.804. The Morgan fingerprint density at radius 3 is 2.07 bits per heavy atom. The van der Waals surface area contributed by atoms with Crippen LogP contribution in [0.5, 0.6) is 0 Å². The van der Waals surface area contributed by atoms with E-state index in [0.29, 0.717) is 6.07 Å². The van der Waals surface area contributed by atoms with Crippen LogP contribution >= 0.6 is 24.8 Å². The molecular formula is C7H7Cl2F3N2O. The van der Waals surface area contributed by atoms with Crippen molar-refractivity contribution in [1.29, 1.82) is 0 Å². The second-order valence-corrected chi connectivity index (χ2v) is 2.29. The first-order chi connectivity index (χ1) is 5.91. The summed E-state index contributed by atoms with van der Waals surface area (Å²) in [6.45, 7) is 0. The summed E-state index contributed by atoms with van der Waals surface area (Å²) in [6, 6.07) is 1.69. The van der Waals surface area contributed by atoms with E-state index in [4.69, 9.17) is 5.73 Å². The molecule has 0 atom stereocenters. The Balaban J connectivity index is 0. The topological polar surface area (TPSA) is 56.0 Å². The highest BCUT2D eigenvalue weighted by Crippen LogP contribution is 2.26. The maximum atomic E-state index is 11.9. The molecule has 3 nitrogen and oxygen atoms in total. The van der Waals surface area contributed by atoms with Crippen LogP contribution < -0.4 is 5.73 Å². The van der Waals surface area contributed by atoms with Crippen molar-refractivity contribution < 1.29 is 18.0 Å². The molecule has 1 rings (SSSR count). The lowest BCUT2D eigenvalue weighted by atomic mass is 10.2. The largest absolute Gasteiger partial charge is 0.433 e. The number of pyridine rings is 1. The third-order valence-electron chi connectivity index (χ3n) is 1.34. The number of alkyl halides is 3. The van der Waals surface area contributed by atoms with Gasteiger partial charge in [-0.3, -0.25) is 9.78 Å². The third-order valence-corrected chi connectivity index (χ3v) is 1.34. The molecule has 1 aromatic rings. The summed E-state index contributed by atoms with van der Waals surface area (Å²) in [5.41, 5.74) is 3.72. The maximum absolute atomic E-state index is 11.9. The minimum absolute atomic E-state index is 0. The predicted molar refractivity (Wildman–Crippen MR) is 52.3 cm³/mol.